The van der Waals surface area contributed by atoms with Gasteiger partial charge in [-0.1, -0.05) is 83.2 Å². The van der Waals surface area contributed by atoms with E-state index in [9.17, 15) is 0 Å². The van der Waals surface area contributed by atoms with Crippen LogP contribution in [-0.4, -0.2) is 0 Å². The number of allylic oxidation sites excluding steroid dienone is 8. The molecule has 0 heteroatoms. The molecular weight excluding hydrogens is 300 g/mol. The van der Waals surface area contributed by atoms with E-state index in [0.29, 0.717) is 0 Å². The molecule has 0 bridgehead atoms. The summed E-state index contributed by atoms with van der Waals surface area (Å²) >= 11 is 0. The van der Waals surface area contributed by atoms with Crippen LogP contribution < -0.4 is 0 Å². The second kappa shape index (κ2) is 6.00. The van der Waals surface area contributed by atoms with Gasteiger partial charge < -0.3 is 0 Å². The van der Waals surface area contributed by atoms with Crippen molar-refractivity contribution in [2.45, 2.75) is 34.6 Å². The van der Waals surface area contributed by atoms with E-state index in [1.807, 2.05) is 0 Å². The van der Waals surface area contributed by atoms with E-state index < -0.39 is 0 Å². The third-order valence-electron chi connectivity index (χ3n) is 5.65. The van der Waals surface area contributed by atoms with E-state index in [0.717, 1.165) is 0 Å². The molecule has 0 amide bonds. The Morgan fingerprint density at radius 2 is 1.00 bits per heavy atom. The number of fused-ring (bicyclic) bond motifs is 3. The van der Waals surface area contributed by atoms with Crippen LogP contribution in [0, 0.1) is 71.5 Å². The predicted molar refractivity (Wildman–Crippen MR) is 105 cm³/mol. The Bertz CT molecular complexity index is 587. The lowest BCUT2D eigenvalue weighted by Gasteiger charge is -2.42. The maximum atomic E-state index is 2.40. The van der Waals surface area contributed by atoms with Crippen molar-refractivity contribution in [3.05, 3.63) is 109 Å². The van der Waals surface area contributed by atoms with Crippen molar-refractivity contribution in [2.75, 3.05) is 0 Å². The first-order chi connectivity index (χ1) is 11.8. The monoisotopic (exact) mass is 326 g/mol. The van der Waals surface area contributed by atoms with E-state index in [1.165, 1.54) is 41.4 Å². The van der Waals surface area contributed by atoms with Gasteiger partial charge in [0, 0.05) is 29.6 Å². The summed E-state index contributed by atoms with van der Waals surface area (Å²) in [6.45, 7) is 11.6. The molecule has 10 radical (unpaired) electrons. The molecule has 0 saturated heterocycles. The van der Waals surface area contributed by atoms with Gasteiger partial charge in [-0.3, -0.25) is 0 Å². The summed E-state index contributed by atoms with van der Waals surface area (Å²) < 4.78 is 0. The molecule has 2 fully saturated rings. The summed E-state index contributed by atoms with van der Waals surface area (Å²) in [7, 11) is 0. The van der Waals surface area contributed by atoms with Gasteiger partial charge in [0.1, 0.15) is 0 Å². The minimum absolute atomic E-state index is 0.0355. The maximum Gasteiger partial charge on any atom is 0.0209 e. The summed E-state index contributed by atoms with van der Waals surface area (Å²) in [4.78, 5) is 0. The Morgan fingerprint density at radius 1 is 0.560 bits per heavy atom. The van der Waals surface area contributed by atoms with Gasteiger partial charge in [-0.05, 0) is 41.9 Å². The van der Waals surface area contributed by atoms with Crippen molar-refractivity contribution in [2.24, 2.45) is 10.8 Å². The highest BCUT2D eigenvalue weighted by Crippen LogP contribution is 2.66. The molecule has 0 spiro atoms. The first kappa shape index (κ1) is 17.4. The average molecular weight is 326 g/mol. The molecule has 4 rings (SSSR count). The van der Waals surface area contributed by atoms with Crippen molar-refractivity contribution in [1.29, 1.82) is 0 Å². The average Bonchev–Trinajstić information content (AvgIpc) is 3.18. The van der Waals surface area contributed by atoms with Crippen LogP contribution in [0.25, 0.3) is 0 Å². The largest absolute Gasteiger partial charge is 0.0758 e. The molecule has 2 saturated carbocycles. The highest BCUT2D eigenvalue weighted by Gasteiger charge is 2.57. The molecule has 0 aromatic heterocycles. The fraction of sp³-hybridized carbons (Fsp3) is 0.280. The smallest absolute Gasteiger partial charge is 0.0209 e. The Balaban J connectivity index is 1.63. The normalized spacial score (nSPS) is 27.6. The van der Waals surface area contributed by atoms with Crippen LogP contribution in [0.3, 0.4) is 0 Å². The van der Waals surface area contributed by atoms with E-state index in [2.05, 4.69) is 102 Å². The molecule has 0 unspecified atom stereocenters. The lowest BCUT2D eigenvalue weighted by molar-refractivity contribution is 0.425. The van der Waals surface area contributed by atoms with E-state index >= 15 is 0 Å². The summed E-state index contributed by atoms with van der Waals surface area (Å²) in [6.07, 6.45) is 24.7. The van der Waals surface area contributed by atoms with Crippen LogP contribution in [0.5, 0.6) is 0 Å². The van der Waals surface area contributed by atoms with Gasteiger partial charge in [0.05, 0.1) is 0 Å². The van der Waals surface area contributed by atoms with Crippen molar-refractivity contribution >= 4 is 0 Å². The minimum atomic E-state index is -0.0355. The lowest BCUT2D eigenvalue weighted by atomic mass is 9.61. The molecule has 0 aromatic rings. The molecule has 0 heterocycles. The SMILES string of the molecule is CC(C)(C)[C]1[CH][CH][C](C(C)(C)[C]2[C]3C=CC=C[C]3[C]3C=CC=C[C]32)[CH]1. The molecule has 4 aliphatic rings. The topological polar surface area (TPSA) is 0 Å². The Hall–Kier alpha value is -1.04. The maximum absolute atomic E-state index is 2.40. The van der Waals surface area contributed by atoms with Crippen LogP contribution in [0.4, 0.5) is 0 Å². The molecule has 0 aliphatic heterocycles. The molecule has 0 atom stereocenters. The fourth-order valence-electron chi connectivity index (χ4n) is 4.13. The lowest BCUT2D eigenvalue weighted by Crippen LogP contribution is -2.34. The van der Waals surface area contributed by atoms with Crippen molar-refractivity contribution in [1.82, 2.24) is 0 Å². The fourth-order valence-corrected chi connectivity index (χ4v) is 4.13. The van der Waals surface area contributed by atoms with Crippen LogP contribution in [0.2, 0.25) is 0 Å². The van der Waals surface area contributed by atoms with E-state index in [1.54, 1.807) is 0 Å². The summed E-state index contributed by atoms with van der Waals surface area (Å²) in [5.74, 6) is 9.76. The quantitative estimate of drug-likeness (QED) is 0.586. The van der Waals surface area contributed by atoms with Gasteiger partial charge in [-0.15, -0.1) is 0 Å². The van der Waals surface area contributed by atoms with Gasteiger partial charge in [-0.2, -0.15) is 0 Å². The number of rotatable bonds is 2. The third-order valence-corrected chi connectivity index (χ3v) is 5.65. The minimum Gasteiger partial charge on any atom is -0.0758 e. The number of hydrogen-bond donors (Lipinski definition) is 0. The predicted octanol–water partition coefficient (Wildman–Crippen LogP) is 5.97. The van der Waals surface area contributed by atoms with E-state index in [4.69, 9.17) is 0 Å². The summed E-state index contributed by atoms with van der Waals surface area (Å²) in [6, 6.07) is 0. The highest BCUT2D eigenvalue weighted by atomic mass is 14.6. The molecule has 126 valence electrons. The molecule has 25 heavy (non-hydrogen) atoms. The summed E-state index contributed by atoms with van der Waals surface area (Å²) in [5, 5.41) is 0. The molecule has 0 N–H and O–H groups in total. The van der Waals surface area contributed by atoms with Crippen molar-refractivity contribution in [3.8, 4) is 0 Å². The third kappa shape index (κ3) is 2.81. The van der Waals surface area contributed by atoms with Gasteiger partial charge >= 0.3 is 0 Å². The van der Waals surface area contributed by atoms with Crippen LogP contribution in [0.15, 0.2) is 48.6 Å². The van der Waals surface area contributed by atoms with Crippen LogP contribution in [-0.2, 0) is 0 Å². The van der Waals surface area contributed by atoms with Gasteiger partial charge in [-0.25, -0.2) is 0 Å². The Labute approximate surface area is 155 Å². The van der Waals surface area contributed by atoms with Crippen LogP contribution in [0.1, 0.15) is 34.6 Å². The van der Waals surface area contributed by atoms with Crippen molar-refractivity contribution < 1.29 is 0 Å². The van der Waals surface area contributed by atoms with Gasteiger partial charge in [0.25, 0.3) is 0 Å². The second-order valence-corrected chi connectivity index (χ2v) is 8.73. The second-order valence-electron chi connectivity index (χ2n) is 8.73. The zero-order valence-electron chi connectivity index (χ0n) is 15.9. The first-order valence-electron chi connectivity index (χ1n) is 9.14. The summed E-state index contributed by atoms with van der Waals surface area (Å²) in [5.41, 5.74) is 0.149. The van der Waals surface area contributed by atoms with Gasteiger partial charge in [0.15, 0.2) is 0 Å². The Kier molecular flexibility index (Phi) is 4.17. The zero-order chi connectivity index (χ0) is 17.8. The van der Waals surface area contributed by atoms with E-state index in [-0.39, 0.29) is 10.8 Å². The Morgan fingerprint density at radius 3 is 1.44 bits per heavy atom. The first-order valence-corrected chi connectivity index (χ1v) is 9.14. The molecule has 0 nitrogen and oxygen atoms in total. The molecule has 0 aromatic carbocycles. The van der Waals surface area contributed by atoms with Crippen molar-refractivity contribution in [3.63, 3.8) is 0 Å². The van der Waals surface area contributed by atoms with Crippen LogP contribution >= 0.6 is 0 Å². The standard InChI is InChI=1S/C25H26/c1-24(2,3)17-14-15-18(16-17)25(4,5)23-21-12-8-6-10-19(21)20-11-7-9-13-22(20)23/h6-16H,1-5H3. The molecule has 4 aliphatic carbocycles. The number of hydrogen-bond acceptors (Lipinski definition) is 0. The molecular formula is C25H26. The highest BCUT2D eigenvalue weighted by molar-refractivity contribution is 5.78. The van der Waals surface area contributed by atoms with Gasteiger partial charge in [0.2, 0.25) is 0 Å². The zero-order valence-corrected chi connectivity index (χ0v) is 15.9.